The van der Waals surface area contributed by atoms with Gasteiger partial charge in [-0.05, 0) is 17.9 Å². The summed E-state index contributed by atoms with van der Waals surface area (Å²) in [4.78, 5) is 13.8. The lowest BCUT2D eigenvalue weighted by atomic mass is 9.88. The highest BCUT2D eigenvalue weighted by Gasteiger charge is 2.31. The average Bonchev–Trinajstić information content (AvgIpc) is 2.97. The Kier molecular flexibility index (Phi) is 5.70. The SMILES string of the molecule is CC1CC(C(=O)O)CN(Cc2cn(Cc3ccccc3)nc2C(C)(C)C)C1. The van der Waals surface area contributed by atoms with Gasteiger partial charge in [-0.25, -0.2) is 0 Å². The summed E-state index contributed by atoms with van der Waals surface area (Å²) in [6, 6.07) is 10.3. The molecule has 27 heavy (non-hydrogen) atoms. The Morgan fingerprint density at radius 2 is 1.89 bits per heavy atom. The number of carboxylic acids is 1. The zero-order valence-electron chi connectivity index (χ0n) is 16.9. The Morgan fingerprint density at radius 3 is 2.52 bits per heavy atom. The van der Waals surface area contributed by atoms with Gasteiger partial charge in [0.15, 0.2) is 0 Å². The smallest absolute Gasteiger partial charge is 0.307 e. The zero-order valence-corrected chi connectivity index (χ0v) is 16.9. The predicted molar refractivity (Wildman–Crippen MR) is 107 cm³/mol. The van der Waals surface area contributed by atoms with Gasteiger partial charge in [0.25, 0.3) is 0 Å². The first-order valence-electron chi connectivity index (χ1n) is 9.78. The van der Waals surface area contributed by atoms with Crippen LogP contribution in [-0.4, -0.2) is 38.8 Å². The highest BCUT2D eigenvalue weighted by Crippen LogP contribution is 2.28. The van der Waals surface area contributed by atoms with Crippen LogP contribution in [0, 0.1) is 11.8 Å². The Hall–Kier alpha value is -2.14. The molecule has 146 valence electrons. The van der Waals surface area contributed by atoms with Crippen molar-refractivity contribution in [3.63, 3.8) is 0 Å². The van der Waals surface area contributed by atoms with Crippen molar-refractivity contribution in [3.05, 3.63) is 53.3 Å². The van der Waals surface area contributed by atoms with E-state index in [1.54, 1.807) is 0 Å². The topological polar surface area (TPSA) is 58.4 Å². The van der Waals surface area contributed by atoms with Crippen LogP contribution < -0.4 is 0 Å². The molecule has 1 aliphatic heterocycles. The number of nitrogens with zero attached hydrogens (tertiary/aromatic N) is 3. The fraction of sp³-hybridized carbons (Fsp3) is 0.545. The molecular formula is C22H31N3O2. The summed E-state index contributed by atoms with van der Waals surface area (Å²) in [5, 5.41) is 14.3. The van der Waals surface area contributed by atoms with E-state index in [0.29, 0.717) is 12.5 Å². The molecule has 1 saturated heterocycles. The summed E-state index contributed by atoms with van der Waals surface area (Å²) in [5.41, 5.74) is 3.48. The molecule has 2 unspecified atom stereocenters. The number of carboxylic acid groups (broad SMARTS) is 1. The first kappa shape index (κ1) is 19.6. The van der Waals surface area contributed by atoms with E-state index >= 15 is 0 Å². The van der Waals surface area contributed by atoms with Gasteiger partial charge in [0.1, 0.15) is 0 Å². The maximum absolute atomic E-state index is 11.5. The molecule has 2 heterocycles. The summed E-state index contributed by atoms with van der Waals surface area (Å²) >= 11 is 0. The van der Waals surface area contributed by atoms with E-state index in [1.807, 2.05) is 22.9 Å². The molecule has 1 N–H and O–H groups in total. The van der Waals surface area contributed by atoms with Crippen LogP contribution in [0.3, 0.4) is 0 Å². The largest absolute Gasteiger partial charge is 0.481 e. The van der Waals surface area contributed by atoms with Crippen molar-refractivity contribution in [1.82, 2.24) is 14.7 Å². The van der Waals surface area contributed by atoms with Crippen molar-refractivity contribution < 1.29 is 9.90 Å². The van der Waals surface area contributed by atoms with Crippen molar-refractivity contribution in [3.8, 4) is 0 Å². The molecule has 1 fully saturated rings. The molecule has 0 aliphatic carbocycles. The molecule has 1 aromatic carbocycles. The number of aliphatic carboxylic acids is 1. The lowest BCUT2D eigenvalue weighted by molar-refractivity contribution is -0.144. The second-order valence-electron chi connectivity index (χ2n) is 9.01. The molecular weight excluding hydrogens is 338 g/mol. The highest BCUT2D eigenvalue weighted by atomic mass is 16.4. The van der Waals surface area contributed by atoms with Crippen LogP contribution in [0.15, 0.2) is 36.5 Å². The third kappa shape index (κ3) is 4.98. The van der Waals surface area contributed by atoms with Crippen LogP contribution in [0.1, 0.15) is 50.9 Å². The molecule has 0 spiro atoms. The fourth-order valence-electron chi connectivity index (χ4n) is 4.07. The number of hydrogen-bond donors (Lipinski definition) is 1. The number of benzene rings is 1. The molecule has 3 rings (SSSR count). The number of carbonyl (C=O) groups is 1. The third-order valence-corrected chi connectivity index (χ3v) is 5.21. The summed E-state index contributed by atoms with van der Waals surface area (Å²) in [6.45, 7) is 11.8. The Balaban J connectivity index is 1.82. The van der Waals surface area contributed by atoms with Gasteiger partial charge < -0.3 is 5.11 Å². The monoisotopic (exact) mass is 369 g/mol. The van der Waals surface area contributed by atoms with E-state index in [1.165, 1.54) is 11.1 Å². The molecule has 5 nitrogen and oxygen atoms in total. The van der Waals surface area contributed by atoms with E-state index in [9.17, 15) is 9.90 Å². The lowest BCUT2D eigenvalue weighted by Gasteiger charge is -2.35. The maximum atomic E-state index is 11.5. The summed E-state index contributed by atoms with van der Waals surface area (Å²) in [6.07, 6.45) is 2.91. The quantitative estimate of drug-likeness (QED) is 0.872. The van der Waals surface area contributed by atoms with E-state index in [2.05, 4.69) is 50.9 Å². The zero-order chi connectivity index (χ0) is 19.6. The second-order valence-corrected chi connectivity index (χ2v) is 9.01. The lowest BCUT2D eigenvalue weighted by Crippen LogP contribution is -2.42. The van der Waals surface area contributed by atoms with Gasteiger partial charge >= 0.3 is 5.97 Å². The molecule has 1 aliphatic rings. The molecule has 0 saturated carbocycles. The van der Waals surface area contributed by atoms with Crippen molar-refractivity contribution in [1.29, 1.82) is 0 Å². The molecule has 2 atom stereocenters. The standard InChI is InChI=1S/C22H31N3O2/c1-16-10-18(21(26)27)13-24(11-16)14-19-15-25(23-20(19)22(2,3)4)12-17-8-6-5-7-9-17/h5-9,15-16,18H,10-14H2,1-4H3,(H,26,27). The minimum atomic E-state index is -0.678. The van der Waals surface area contributed by atoms with Crippen LogP contribution in [0.4, 0.5) is 0 Å². The van der Waals surface area contributed by atoms with E-state index in [0.717, 1.165) is 31.7 Å². The van der Waals surface area contributed by atoms with E-state index in [-0.39, 0.29) is 11.3 Å². The fourth-order valence-corrected chi connectivity index (χ4v) is 4.07. The van der Waals surface area contributed by atoms with Crippen LogP contribution >= 0.6 is 0 Å². The molecule has 0 bridgehead atoms. The Morgan fingerprint density at radius 1 is 1.19 bits per heavy atom. The first-order valence-corrected chi connectivity index (χ1v) is 9.78. The van der Waals surface area contributed by atoms with Gasteiger partial charge in [0.2, 0.25) is 0 Å². The van der Waals surface area contributed by atoms with Gasteiger partial charge in [-0.15, -0.1) is 0 Å². The predicted octanol–water partition coefficient (Wildman–Crippen LogP) is 3.77. The van der Waals surface area contributed by atoms with Gasteiger partial charge in [0.05, 0.1) is 18.2 Å². The minimum Gasteiger partial charge on any atom is -0.481 e. The first-order chi connectivity index (χ1) is 12.7. The van der Waals surface area contributed by atoms with Crippen molar-refractivity contribution >= 4 is 5.97 Å². The van der Waals surface area contributed by atoms with Crippen LogP contribution in [0.25, 0.3) is 0 Å². The molecule has 0 radical (unpaired) electrons. The van der Waals surface area contributed by atoms with Gasteiger partial charge in [-0.2, -0.15) is 5.10 Å². The van der Waals surface area contributed by atoms with Crippen molar-refractivity contribution in [2.45, 2.75) is 52.6 Å². The molecule has 0 amide bonds. The molecule has 2 aromatic rings. The molecule has 1 aromatic heterocycles. The van der Waals surface area contributed by atoms with Gasteiger partial charge in [-0.1, -0.05) is 58.0 Å². The summed E-state index contributed by atoms with van der Waals surface area (Å²) in [7, 11) is 0. The number of rotatable bonds is 5. The van der Waals surface area contributed by atoms with E-state index in [4.69, 9.17) is 5.10 Å². The Labute approximate surface area is 162 Å². The number of piperidine rings is 1. The van der Waals surface area contributed by atoms with Crippen molar-refractivity contribution in [2.75, 3.05) is 13.1 Å². The van der Waals surface area contributed by atoms with Gasteiger partial charge in [-0.3, -0.25) is 14.4 Å². The molecule has 5 heteroatoms. The Bertz CT molecular complexity index is 777. The highest BCUT2D eigenvalue weighted by molar-refractivity contribution is 5.70. The average molecular weight is 370 g/mol. The second kappa shape index (κ2) is 7.85. The van der Waals surface area contributed by atoms with Crippen LogP contribution in [-0.2, 0) is 23.3 Å². The van der Waals surface area contributed by atoms with Crippen LogP contribution in [0.2, 0.25) is 0 Å². The maximum Gasteiger partial charge on any atom is 0.307 e. The van der Waals surface area contributed by atoms with Crippen molar-refractivity contribution in [2.24, 2.45) is 11.8 Å². The van der Waals surface area contributed by atoms with Crippen LogP contribution in [0.5, 0.6) is 0 Å². The van der Waals surface area contributed by atoms with Gasteiger partial charge in [0, 0.05) is 36.8 Å². The number of likely N-dealkylation sites (tertiary alicyclic amines) is 1. The normalized spacial score (nSPS) is 21.3. The third-order valence-electron chi connectivity index (χ3n) is 5.21. The number of aromatic nitrogens is 2. The summed E-state index contributed by atoms with van der Waals surface area (Å²) in [5.74, 6) is -0.550. The minimum absolute atomic E-state index is 0.0507. The van der Waals surface area contributed by atoms with E-state index < -0.39 is 5.97 Å². The summed E-state index contributed by atoms with van der Waals surface area (Å²) < 4.78 is 2.02. The number of hydrogen-bond acceptors (Lipinski definition) is 3.